The number of amides is 2. The van der Waals surface area contributed by atoms with Crippen LogP contribution in [0.25, 0.3) is 0 Å². The van der Waals surface area contributed by atoms with Gasteiger partial charge in [0.2, 0.25) is 0 Å². The van der Waals surface area contributed by atoms with Crippen molar-refractivity contribution in [2.24, 2.45) is 7.05 Å². The van der Waals surface area contributed by atoms with Crippen molar-refractivity contribution in [3.8, 4) is 0 Å². The molecule has 5 nitrogen and oxygen atoms in total. The normalized spacial score (nSPS) is 16.6. The van der Waals surface area contributed by atoms with Crippen LogP contribution in [-0.4, -0.2) is 21.9 Å². The van der Waals surface area contributed by atoms with Gasteiger partial charge in [0.15, 0.2) is 0 Å². The fourth-order valence-corrected chi connectivity index (χ4v) is 2.48. The Kier molecular flexibility index (Phi) is 4.23. The maximum absolute atomic E-state index is 11.8. The van der Waals surface area contributed by atoms with E-state index in [1.807, 2.05) is 20.2 Å². The minimum absolute atomic E-state index is 0.0647. The van der Waals surface area contributed by atoms with Crippen LogP contribution in [0, 0.1) is 6.92 Å². The zero-order valence-electron chi connectivity index (χ0n) is 11.2. The number of rotatable bonds is 3. The average molecular weight is 250 g/mol. The highest BCUT2D eigenvalue weighted by atomic mass is 16.2. The van der Waals surface area contributed by atoms with Gasteiger partial charge in [-0.2, -0.15) is 5.10 Å². The smallest absolute Gasteiger partial charge is 0.315 e. The van der Waals surface area contributed by atoms with Crippen molar-refractivity contribution in [1.82, 2.24) is 20.4 Å². The summed E-state index contributed by atoms with van der Waals surface area (Å²) in [5.41, 5.74) is 2.03. The van der Waals surface area contributed by atoms with Crippen molar-refractivity contribution in [3.63, 3.8) is 0 Å². The summed E-state index contributed by atoms with van der Waals surface area (Å²) >= 11 is 0. The van der Waals surface area contributed by atoms with Crippen LogP contribution in [0.3, 0.4) is 0 Å². The average Bonchev–Trinajstić information content (AvgIpc) is 2.66. The second-order valence-corrected chi connectivity index (χ2v) is 5.08. The van der Waals surface area contributed by atoms with Gasteiger partial charge < -0.3 is 10.6 Å². The Morgan fingerprint density at radius 3 is 2.78 bits per heavy atom. The fraction of sp³-hybridized carbons (Fsp3) is 0.692. The predicted octanol–water partition coefficient (Wildman–Crippen LogP) is 1.86. The van der Waals surface area contributed by atoms with Crippen molar-refractivity contribution >= 4 is 6.03 Å². The summed E-state index contributed by atoms with van der Waals surface area (Å²) in [5.74, 6) is 0. The molecule has 2 N–H and O–H groups in total. The molecule has 0 radical (unpaired) electrons. The van der Waals surface area contributed by atoms with Gasteiger partial charge in [-0.05, 0) is 19.8 Å². The van der Waals surface area contributed by atoms with E-state index in [2.05, 4.69) is 15.7 Å². The lowest BCUT2D eigenvalue weighted by Crippen LogP contribution is -2.42. The van der Waals surface area contributed by atoms with Crippen LogP contribution in [0.5, 0.6) is 0 Å². The highest BCUT2D eigenvalue weighted by Crippen LogP contribution is 2.17. The molecule has 0 unspecified atom stereocenters. The minimum Gasteiger partial charge on any atom is -0.335 e. The van der Waals surface area contributed by atoms with Gasteiger partial charge in [0.25, 0.3) is 0 Å². The molecule has 1 heterocycles. The van der Waals surface area contributed by atoms with Gasteiger partial charge in [-0.1, -0.05) is 19.3 Å². The number of urea groups is 1. The first-order valence-corrected chi connectivity index (χ1v) is 6.68. The quantitative estimate of drug-likeness (QED) is 0.860. The molecule has 1 saturated carbocycles. The number of aryl methyl sites for hydroxylation is 2. The van der Waals surface area contributed by atoms with Crippen LogP contribution >= 0.6 is 0 Å². The van der Waals surface area contributed by atoms with E-state index in [-0.39, 0.29) is 6.03 Å². The van der Waals surface area contributed by atoms with E-state index in [0.29, 0.717) is 12.6 Å². The van der Waals surface area contributed by atoms with Gasteiger partial charge >= 0.3 is 6.03 Å². The molecule has 18 heavy (non-hydrogen) atoms. The number of carbonyl (C=O) groups excluding carboxylic acids is 1. The van der Waals surface area contributed by atoms with E-state index in [1.54, 1.807) is 4.68 Å². The van der Waals surface area contributed by atoms with E-state index in [4.69, 9.17) is 0 Å². The number of aromatic nitrogens is 2. The Morgan fingerprint density at radius 2 is 2.17 bits per heavy atom. The topological polar surface area (TPSA) is 59.0 Å². The zero-order valence-corrected chi connectivity index (χ0v) is 11.2. The molecule has 0 bridgehead atoms. The van der Waals surface area contributed by atoms with Crippen LogP contribution in [0.1, 0.15) is 43.4 Å². The molecule has 1 aliphatic rings. The Bertz CT molecular complexity index is 407. The number of hydrogen-bond acceptors (Lipinski definition) is 2. The molecule has 5 heteroatoms. The standard InChI is InChI=1S/C13H22N4O/c1-10-11(9-17(2)16-10)8-14-13(18)15-12-6-4-3-5-7-12/h9,12H,3-8H2,1-2H3,(H2,14,15,18). The third kappa shape index (κ3) is 3.48. The Hall–Kier alpha value is -1.52. The van der Waals surface area contributed by atoms with Crippen LogP contribution in [0.15, 0.2) is 6.20 Å². The molecule has 0 spiro atoms. The van der Waals surface area contributed by atoms with Crippen LogP contribution in [0.4, 0.5) is 4.79 Å². The van der Waals surface area contributed by atoms with Crippen molar-refractivity contribution < 1.29 is 4.79 Å². The van der Waals surface area contributed by atoms with Crippen LogP contribution in [0.2, 0.25) is 0 Å². The van der Waals surface area contributed by atoms with Crippen LogP contribution < -0.4 is 10.6 Å². The van der Waals surface area contributed by atoms with Gasteiger partial charge in [-0.3, -0.25) is 4.68 Å². The van der Waals surface area contributed by atoms with Gasteiger partial charge in [-0.25, -0.2) is 4.79 Å². The Balaban J connectivity index is 1.75. The van der Waals surface area contributed by atoms with Gasteiger partial charge in [0, 0.05) is 31.4 Å². The molecule has 1 fully saturated rings. The highest BCUT2D eigenvalue weighted by molar-refractivity contribution is 5.74. The summed E-state index contributed by atoms with van der Waals surface area (Å²) in [6, 6.07) is 0.291. The largest absolute Gasteiger partial charge is 0.335 e. The molecule has 1 aliphatic carbocycles. The molecule has 2 rings (SSSR count). The third-order valence-electron chi connectivity index (χ3n) is 3.49. The summed E-state index contributed by atoms with van der Waals surface area (Å²) in [6.45, 7) is 2.49. The first-order valence-electron chi connectivity index (χ1n) is 6.68. The van der Waals surface area contributed by atoms with E-state index in [0.717, 1.165) is 24.1 Å². The van der Waals surface area contributed by atoms with Crippen molar-refractivity contribution in [2.75, 3.05) is 0 Å². The molecule has 100 valence electrons. The predicted molar refractivity (Wildman–Crippen MR) is 70.2 cm³/mol. The third-order valence-corrected chi connectivity index (χ3v) is 3.49. The zero-order chi connectivity index (χ0) is 13.0. The minimum atomic E-state index is -0.0647. The number of nitrogens with one attached hydrogen (secondary N) is 2. The Morgan fingerprint density at radius 1 is 1.44 bits per heavy atom. The molecule has 0 saturated heterocycles. The van der Waals surface area contributed by atoms with E-state index in [1.165, 1.54) is 19.3 Å². The summed E-state index contributed by atoms with van der Waals surface area (Å²) in [5, 5.41) is 10.2. The second kappa shape index (κ2) is 5.89. The second-order valence-electron chi connectivity index (χ2n) is 5.08. The lowest BCUT2D eigenvalue weighted by atomic mass is 9.96. The molecule has 2 amide bonds. The molecule has 0 aromatic carbocycles. The maximum Gasteiger partial charge on any atom is 0.315 e. The maximum atomic E-state index is 11.8. The Labute approximate surface area is 108 Å². The first-order chi connectivity index (χ1) is 8.65. The van der Waals surface area contributed by atoms with Gasteiger partial charge in [0.1, 0.15) is 0 Å². The fourth-order valence-electron chi connectivity index (χ4n) is 2.48. The van der Waals surface area contributed by atoms with E-state index < -0.39 is 0 Å². The number of nitrogens with zero attached hydrogens (tertiary/aromatic N) is 2. The van der Waals surface area contributed by atoms with Crippen molar-refractivity contribution in [3.05, 3.63) is 17.5 Å². The molecule has 1 aromatic rings. The van der Waals surface area contributed by atoms with Crippen molar-refractivity contribution in [2.45, 2.75) is 51.6 Å². The monoisotopic (exact) mass is 250 g/mol. The molecule has 0 atom stereocenters. The lowest BCUT2D eigenvalue weighted by Gasteiger charge is -2.22. The molecule has 1 aromatic heterocycles. The molecular formula is C13H22N4O. The van der Waals surface area contributed by atoms with Gasteiger partial charge in [-0.15, -0.1) is 0 Å². The van der Waals surface area contributed by atoms with E-state index in [9.17, 15) is 4.79 Å². The summed E-state index contributed by atoms with van der Waals surface area (Å²) in [6.07, 6.45) is 7.92. The number of carbonyl (C=O) groups is 1. The summed E-state index contributed by atoms with van der Waals surface area (Å²) < 4.78 is 1.77. The summed E-state index contributed by atoms with van der Waals surface area (Å²) in [4.78, 5) is 11.8. The first kappa shape index (κ1) is 12.9. The summed E-state index contributed by atoms with van der Waals surface area (Å²) in [7, 11) is 1.89. The van der Waals surface area contributed by atoms with Crippen LogP contribution in [-0.2, 0) is 13.6 Å². The molecular weight excluding hydrogens is 228 g/mol. The SMILES string of the molecule is Cc1nn(C)cc1CNC(=O)NC1CCCCC1. The number of hydrogen-bond donors (Lipinski definition) is 2. The molecule has 0 aliphatic heterocycles. The highest BCUT2D eigenvalue weighted by Gasteiger charge is 2.15. The van der Waals surface area contributed by atoms with E-state index >= 15 is 0 Å². The lowest BCUT2D eigenvalue weighted by molar-refractivity contribution is 0.232. The van der Waals surface area contributed by atoms with Crippen molar-refractivity contribution in [1.29, 1.82) is 0 Å². The van der Waals surface area contributed by atoms with Gasteiger partial charge in [0.05, 0.1) is 5.69 Å².